The van der Waals surface area contributed by atoms with Gasteiger partial charge in [-0.05, 0) is 24.3 Å². The molecule has 3 aromatic rings. The Morgan fingerprint density at radius 1 is 1.11 bits per heavy atom. The standard InChI is InChI=1S/C23H17F4N3O7/c1-33-15-8-12(37-23(25,26)27)3-5-14(15)36-16-9-17-20(35-7-6-34-17)19(24)18(16)22(32)30-11-2-4-13(21(28)31)29-10-11/h2-5,8-10H,6-7H2,1H3,(H2,28,31)(H,30,32)/i1D3. The summed E-state index contributed by atoms with van der Waals surface area (Å²) in [7, 11) is -3.14. The van der Waals surface area contributed by atoms with Gasteiger partial charge in [0.1, 0.15) is 36.0 Å². The van der Waals surface area contributed by atoms with E-state index in [9.17, 15) is 22.8 Å². The topological polar surface area (TPSA) is 131 Å². The van der Waals surface area contributed by atoms with Crippen molar-refractivity contribution in [3.05, 3.63) is 59.7 Å². The molecule has 4 rings (SSSR count). The Balaban J connectivity index is 1.76. The molecule has 0 saturated heterocycles. The van der Waals surface area contributed by atoms with Crippen LogP contribution < -0.4 is 34.7 Å². The van der Waals surface area contributed by atoms with Crippen molar-refractivity contribution in [2.75, 3.05) is 25.6 Å². The maximum absolute atomic E-state index is 15.6. The van der Waals surface area contributed by atoms with Gasteiger partial charge in [-0.3, -0.25) is 9.59 Å². The maximum atomic E-state index is 15.6. The molecule has 1 aliphatic rings. The number of hydrogen-bond donors (Lipinski definition) is 2. The molecule has 3 N–H and O–H groups in total. The normalized spacial score (nSPS) is 14.0. The van der Waals surface area contributed by atoms with E-state index < -0.39 is 65.3 Å². The smallest absolute Gasteiger partial charge is 0.493 e. The molecule has 0 aliphatic carbocycles. The van der Waals surface area contributed by atoms with E-state index in [-0.39, 0.29) is 30.3 Å². The predicted octanol–water partition coefficient (Wildman–Crippen LogP) is 4.04. The number of hydrogen-bond acceptors (Lipinski definition) is 8. The lowest BCUT2D eigenvalue weighted by Gasteiger charge is -2.22. The monoisotopic (exact) mass is 526 g/mol. The zero-order chi connectivity index (χ0) is 29.2. The highest BCUT2D eigenvalue weighted by Gasteiger charge is 2.32. The second-order valence-corrected chi connectivity index (χ2v) is 7.20. The number of aromatic nitrogens is 1. The first-order valence-corrected chi connectivity index (χ1v) is 10.2. The van der Waals surface area contributed by atoms with Crippen LogP contribution in [0.5, 0.6) is 34.5 Å². The van der Waals surface area contributed by atoms with Crippen molar-refractivity contribution in [1.29, 1.82) is 0 Å². The summed E-state index contributed by atoms with van der Waals surface area (Å²) in [4.78, 5) is 28.2. The van der Waals surface area contributed by atoms with Crippen molar-refractivity contribution in [3.63, 3.8) is 0 Å². The van der Waals surface area contributed by atoms with Gasteiger partial charge in [0.15, 0.2) is 28.8 Å². The second kappa shape index (κ2) is 10.1. The van der Waals surface area contributed by atoms with Crippen LogP contribution in [0.4, 0.5) is 23.2 Å². The van der Waals surface area contributed by atoms with E-state index >= 15 is 4.39 Å². The molecular formula is C23H17F4N3O7. The highest BCUT2D eigenvalue weighted by atomic mass is 19.4. The van der Waals surface area contributed by atoms with Crippen LogP contribution in [0.25, 0.3) is 0 Å². The molecular weight excluding hydrogens is 506 g/mol. The summed E-state index contributed by atoms with van der Waals surface area (Å²) < 4.78 is 100. The number of pyridine rings is 1. The number of methoxy groups -OCH3 is 1. The number of halogens is 4. The Hall–Kier alpha value is -4.75. The molecule has 0 atom stereocenters. The lowest BCUT2D eigenvalue weighted by molar-refractivity contribution is -0.274. The van der Waals surface area contributed by atoms with Gasteiger partial charge < -0.3 is 34.7 Å². The molecule has 10 nitrogen and oxygen atoms in total. The Morgan fingerprint density at radius 3 is 2.57 bits per heavy atom. The number of benzene rings is 2. The van der Waals surface area contributed by atoms with E-state index in [2.05, 4.69) is 15.0 Å². The zero-order valence-corrected chi connectivity index (χ0v) is 18.3. The molecule has 0 fully saturated rings. The second-order valence-electron chi connectivity index (χ2n) is 7.20. The third-order valence-electron chi connectivity index (χ3n) is 4.72. The lowest BCUT2D eigenvalue weighted by Crippen LogP contribution is -2.21. The lowest BCUT2D eigenvalue weighted by atomic mass is 10.1. The van der Waals surface area contributed by atoms with Gasteiger partial charge in [0, 0.05) is 12.1 Å². The number of amides is 2. The van der Waals surface area contributed by atoms with E-state index in [1.165, 1.54) is 12.1 Å². The van der Waals surface area contributed by atoms with Crippen molar-refractivity contribution in [3.8, 4) is 34.5 Å². The molecule has 2 heterocycles. The minimum Gasteiger partial charge on any atom is -0.493 e. The molecule has 0 spiro atoms. The van der Waals surface area contributed by atoms with Crippen LogP contribution in [0.3, 0.4) is 0 Å². The Bertz CT molecular complexity index is 1450. The number of carbonyl (C=O) groups excluding carboxylic acids is 2. The summed E-state index contributed by atoms with van der Waals surface area (Å²) in [5.41, 5.74) is 4.30. The Morgan fingerprint density at radius 2 is 1.89 bits per heavy atom. The van der Waals surface area contributed by atoms with E-state index in [1.54, 1.807) is 0 Å². The first-order valence-electron chi connectivity index (χ1n) is 11.7. The molecule has 2 amide bonds. The molecule has 37 heavy (non-hydrogen) atoms. The molecule has 0 unspecified atom stereocenters. The van der Waals surface area contributed by atoms with Crippen molar-refractivity contribution >= 4 is 17.5 Å². The minimum absolute atomic E-state index is 0.0200. The SMILES string of the molecule is [2H]C([2H])([2H])Oc1cc(OC(F)(F)F)ccc1Oc1cc2c(c(F)c1C(=O)Nc1ccc(C(N)=O)nc1)OCCO2. The first-order chi connectivity index (χ1) is 18.7. The van der Waals surface area contributed by atoms with E-state index in [0.29, 0.717) is 6.07 Å². The maximum Gasteiger partial charge on any atom is 0.573 e. The molecule has 194 valence electrons. The fraction of sp³-hybridized carbons (Fsp3) is 0.174. The zero-order valence-electron chi connectivity index (χ0n) is 21.3. The summed E-state index contributed by atoms with van der Waals surface area (Å²) in [5.74, 6) is -6.36. The largest absolute Gasteiger partial charge is 0.573 e. The predicted molar refractivity (Wildman–Crippen MR) is 118 cm³/mol. The number of nitrogens with two attached hydrogens (primary N) is 1. The van der Waals surface area contributed by atoms with Gasteiger partial charge in [0.25, 0.3) is 11.8 Å². The van der Waals surface area contributed by atoms with Crippen LogP contribution >= 0.6 is 0 Å². The van der Waals surface area contributed by atoms with E-state index in [0.717, 1.165) is 24.4 Å². The third-order valence-corrected chi connectivity index (χ3v) is 4.72. The first kappa shape index (κ1) is 21.5. The minimum atomic E-state index is -5.10. The number of nitrogens with zero attached hydrogens (tertiary/aromatic N) is 1. The molecule has 14 heteroatoms. The summed E-state index contributed by atoms with van der Waals surface area (Å²) >= 11 is 0. The number of anilines is 1. The third kappa shape index (κ3) is 5.74. The summed E-state index contributed by atoms with van der Waals surface area (Å²) in [6.07, 6.45) is -4.02. The van der Waals surface area contributed by atoms with Gasteiger partial charge >= 0.3 is 6.36 Å². The molecule has 0 bridgehead atoms. The van der Waals surface area contributed by atoms with Crippen molar-refractivity contribution < 1.29 is 54.9 Å². The van der Waals surface area contributed by atoms with Gasteiger partial charge in [0.2, 0.25) is 0 Å². The molecule has 0 saturated carbocycles. The van der Waals surface area contributed by atoms with Crippen LogP contribution in [-0.2, 0) is 0 Å². The Labute approximate surface area is 210 Å². The summed E-state index contributed by atoms with van der Waals surface area (Å²) in [6.45, 7) is -0.0207. The molecule has 2 aromatic carbocycles. The molecule has 1 aliphatic heterocycles. The van der Waals surface area contributed by atoms with Gasteiger partial charge in [-0.15, -0.1) is 13.2 Å². The number of ether oxygens (including phenoxy) is 5. The number of alkyl halides is 3. The van der Waals surface area contributed by atoms with Crippen LogP contribution in [0.2, 0.25) is 0 Å². The van der Waals surface area contributed by atoms with Gasteiger partial charge in [-0.1, -0.05) is 0 Å². The van der Waals surface area contributed by atoms with E-state index in [4.69, 9.17) is 28.8 Å². The highest BCUT2D eigenvalue weighted by molar-refractivity contribution is 6.07. The number of fused-ring (bicyclic) bond motifs is 1. The average molecular weight is 526 g/mol. The van der Waals surface area contributed by atoms with Gasteiger partial charge in [-0.25, -0.2) is 9.37 Å². The van der Waals surface area contributed by atoms with Gasteiger partial charge in [-0.2, -0.15) is 0 Å². The number of carbonyl (C=O) groups is 2. The van der Waals surface area contributed by atoms with Crippen LogP contribution in [0.1, 0.15) is 25.0 Å². The average Bonchev–Trinajstić information content (AvgIpc) is 2.84. The fourth-order valence-corrected chi connectivity index (χ4v) is 3.19. The van der Waals surface area contributed by atoms with E-state index in [1.807, 2.05) is 0 Å². The van der Waals surface area contributed by atoms with Gasteiger partial charge in [0.05, 0.1) is 23.0 Å². The summed E-state index contributed by atoms with van der Waals surface area (Å²) in [5, 5.41) is 2.35. The van der Waals surface area contributed by atoms with Crippen LogP contribution in [0, 0.1) is 5.82 Å². The van der Waals surface area contributed by atoms with Crippen LogP contribution in [0.15, 0.2) is 42.6 Å². The van der Waals surface area contributed by atoms with Crippen LogP contribution in [-0.4, -0.2) is 43.4 Å². The fourth-order valence-electron chi connectivity index (χ4n) is 3.19. The highest BCUT2D eigenvalue weighted by Crippen LogP contribution is 2.44. The number of rotatable bonds is 7. The number of nitrogens with one attached hydrogen (secondary N) is 1. The number of primary amides is 1. The van der Waals surface area contributed by atoms with Crippen molar-refractivity contribution in [2.24, 2.45) is 5.73 Å². The van der Waals surface area contributed by atoms with Crippen molar-refractivity contribution in [1.82, 2.24) is 4.98 Å². The summed E-state index contributed by atoms with van der Waals surface area (Å²) in [6, 6.07) is 5.79. The quantitative estimate of drug-likeness (QED) is 0.441. The molecule has 1 aromatic heterocycles. The Kier molecular flexibility index (Phi) is 5.87. The van der Waals surface area contributed by atoms with Crippen molar-refractivity contribution in [2.45, 2.75) is 6.36 Å². The molecule has 0 radical (unpaired) electrons.